The van der Waals surface area contributed by atoms with Crippen molar-refractivity contribution in [1.29, 1.82) is 0 Å². The van der Waals surface area contributed by atoms with Crippen molar-refractivity contribution in [2.24, 2.45) is 11.3 Å². The number of halogens is 1. The molecule has 0 amide bonds. The average molecular weight is 240 g/mol. The summed E-state index contributed by atoms with van der Waals surface area (Å²) >= 11 is 5.89. The molecule has 0 spiro atoms. The molecular weight excluding hydrogens is 226 g/mol. The second kappa shape index (κ2) is 3.48. The van der Waals surface area contributed by atoms with Crippen molar-refractivity contribution in [3.63, 3.8) is 0 Å². The van der Waals surface area contributed by atoms with Crippen LogP contribution in [0.2, 0.25) is 5.02 Å². The van der Waals surface area contributed by atoms with Gasteiger partial charge in [-0.1, -0.05) is 11.6 Å². The normalized spacial score (nSPS) is 21.8. The van der Waals surface area contributed by atoms with E-state index in [4.69, 9.17) is 11.6 Å². The molecule has 2 fully saturated rings. The van der Waals surface area contributed by atoms with Crippen molar-refractivity contribution >= 4 is 17.3 Å². The number of rotatable bonds is 4. The molecule has 0 radical (unpaired) electrons. The number of H-pyrrole nitrogens is 1. The molecule has 1 aromatic rings. The predicted molar refractivity (Wildman–Crippen MR) is 62.7 cm³/mol. The largest absolute Gasteiger partial charge is 0.382 e. The van der Waals surface area contributed by atoms with Crippen LogP contribution in [0.1, 0.15) is 25.7 Å². The Kier molecular flexibility index (Phi) is 2.21. The Morgan fingerprint density at radius 2 is 2.31 bits per heavy atom. The van der Waals surface area contributed by atoms with E-state index in [2.05, 4.69) is 15.5 Å². The molecule has 0 bridgehead atoms. The number of nitrogens with zero attached hydrogens (tertiary/aromatic N) is 1. The fourth-order valence-electron chi connectivity index (χ4n) is 2.36. The number of aromatic amines is 1. The van der Waals surface area contributed by atoms with Crippen molar-refractivity contribution in [1.82, 2.24) is 10.2 Å². The minimum Gasteiger partial charge on any atom is -0.382 e. The Morgan fingerprint density at radius 1 is 1.56 bits per heavy atom. The lowest BCUT2D eigenvalue weighted by atomic mass is 10.0. The molecule has 1 aromatic heterocycles. The van der Waals surface area contributed by atoms with Gasteiger partial charge in [-0.15, -0.1) is 0 Å². The first kappa shape index (κ1) is 10.1. The summed E-state index contributed by atoms with van der Waals surface area (Å²) in [6.45, 7) is 0.919. The summed E-state index contributed by atoms with van der Waals surface area (Å²) in [5.74, 6) is 0.897. The third-order valence-electron chi connectivity index (χ3n) is 3.76. The van der Waals surface area contributed by atoms with E-state index >= 15 is 0 Å². The first-order chi connectivity index (χ1) is 7.71. The highest BCUT2D eigenvalue weighted by Crippen LogP contribution is 2.61. The highest BCUT2D eigenvalue weighted by Gasteiger charge is 2.53. The van der Waals surface area contributed by atoms with E-state index in [1.165, 1.54) is 25.7 Å². The van der Waals surface area contributed by atoms with Gasteiger partial charge in [-0.05, 0) is 37.0 Å². The van der Waals surface area contributed by atoms with Crippen LogP contribution in [0.3, 0.4) is 0 Å². The molecule has 2 aliphatic carbocycles. The van der Waals surface area contributed by atoms with Crippen LogP contribution in [0.5, 0.6) is 0 Å². The maximum absolute atomic E-state index is 11.2. The van der Waals surface area contributed by atoms with Gasteiger partial charge in [-0.25, -0.2) is 5.10 Å². The van der Waals surface area contributed by atoms with Gasteiger partial charge in [0, 0.05) is 6.54 Å². The number of hydrogen-bond acceptors (Lipinski definition) is 3. The smallest absolute Gasteiger partial charge is 0.285 e. The molecule has 0 saturated heterocycles. The predicted octanol–water partition coefficient (Wildman–Crippen LogP) is 2.03. The molecule has 0 atom stereocenters. The van der Waals surface area contributed by atoms with E-state index in [1.807, 2.05) is 0 Å². The number of anilines is 1. The van der Waals surface area contributed by atoms with Crippen molar-refractivity contribution in [2.45, 2.75) is 25.7 Å². The molecule has 86 valence electrons. The van der Waals surface area contributed by atoms with E-state index in [-0.39, 0.29) is 10.6 Å². The summed E-state index contributed by atoms with van der Waals surface area (Å²) in [6, 6.07) is 0. The Labute approximate surface area is 98.4 Å². The first-order valence-electron chi connectivity index (χ1n) is 5.68. The molecule has 4 nitrogen and oxygen atoms in total. The lowest BCUT2D eigenvalue weighted by Crippen LogP contribution is -2.19. The molecule has 0 aliphatic heterocycles. The molecule has 5 heteroatoms. The lowest BCUT2D eigenvalue weighted by molar-refractivity contribution is 0.467. The van der Waals surface area contributed by atoms with Crippen LogP contribution in [0.15, 0.2) is 11.0 Å². The van der Waals surface area contributed by atoms with Gasteiger partial charge >= 0.3 is 0 Å². The third kappa shape index (κ3) is 1.71. The van der Waals surface area contributed by atoms with Crippen molar-refractivity contribution in [3.05, 3.63) is 21.6 Å². The molecular formula is C11H14ClN3O. The van der Waals surface area contributed by atoms with E-state index in [0.717, 1.165) is 12.5 Å². The first-order valence-corrected chi connectivity index (χ1v) is 6.06. The SMILES string of the molecule is O=c1[nH]ncc(NCC2(C3CC3)CC2)c1Cl. The van der Waals surface area contributed by atoms with Crippen molar-refractivity contribution in [3.8, 4) is 0 Å². The summed E-state index contributed by atoms with van der Waals surface area (Å²) in [5.41, 5.74) is 0.812. The van der Waals surface area contributed by atoms with Gasteiger partial charge in [-0.2, -0.15) is 5.10 Å². The Morgan fingerprint density at radius 3 is 2.94 bits per heavy atom. The number of aromatic nitrogens is 2. The maximum atomic E-state index is 11.2. The summed E-state index contributed by atoms with van der Waals surface area (Å²) in [5, 5.41) is 9.53. The summed E-state index contributed by atoms with van der Waals surface area (Å²) in [6.07, 6.45) is 6.91. The standard InChI is InChI=1S/C11H14ClN3O/c12-9-8(5-14-15-10(9)16)13-6-11(3-4-11)7-1-2-7/h5,7H,1-4,6H2,(H2,13,15,16). The molecule has 3 rings (SSSR count). The van der Waals surface area contributed by atoms with Gasteiger partial charge in [0.25, 0.3) is 5.56 Å². The van der Waals surface area contributed by atoms with Crippen LogP contribution >= 0.6 is 11.6 Å². The quantitative estimate of drug-likeness (QED) is 0.845. The van der Waals surface area contributed by atoms with Crippen LogP contribution in [0, 0.1) is 11.3 Å². The summed E-state index contributed by atoms with van der Waals surface area (Å²) in [7, 11) is 0. The van der Waals surface area contributed by atoms with E-state index in [9.17, 15) is 4.79 Å². The Bertz CT molecular complexity index is 463. The Balaban J connectivity index is 1.70. The van der Waals surface area contributed by atoms with E-state index in [1.54, 1.807) is 6.20 Å². The maximum Gasteiger partial charge on any atom is 0.285 e. The third-order valence-corrected chi connectivity index (χ3v) is 4.14. The second-order valence-electron chi connectivity index (χ2n) is 4.92. The average Bonchev–Trinajstić information content (AvgIpc) is 3.14. The van der Waals surface area contributed by atoms with Crippen LogP contribution in [-0.4, -0.2) is 16.7 Å². The van der Waals surface area contributed by atoms with E-state index < -0.39 is 0 Å². The van der Waals surface area contributed by atoms with Crippen molar-refractivity contribution < 1.29 is 0 Å². The number of hydrogen-bond donors (Lipinski definition) is 2. The monoisotopic (exact) mass is 239 g/mol. The molecule has 2 N–H and O–H groups in total. The minimum absolute atomic E-state index is 0.210. The van der Waals surface area contributed by atoms with Gasteiger partial charge in [0.2, 0.25) is 0 Å². The molecule has 16 heavy (non-hydrogen) atoms. The molecule has 0 aromatic carbocycles. The fourth-order valence-corrected chi connectivity index (χ4v) is 2.52. The van der Waals surface area contributed by atoms with Crippen LogP contribution in [0.4, 0.5) is 5.69 Å². The van der Waals surface area contributed by atoms with Gasteiger partial charge in [0.05, 0.1) is 11.9 Å². The molecule has 1 heterocycles. The van der Waals surface area contributed by atoms with Gasteiger partial charge in [-0.3, -0.25) is 4.79 Å². The Hall–Kier alpha value is -1.03. The summed E-state index contributed by atoms with van der Waals surface area (Å²) < 4.78 is 0. The van der Waals surface area contributed by atoms with E-state index in [0.29, 0.717) is 11.1 Å². The lowest BCUT2D eigenvalue weighted by Gasteiger charge is -2.15. The zero-order valence-electron chi connectivity index (χ0n) is 8.92. The highest BCUT2D eigenvalue weighted by molar-refractivity contribution is 6.32. The fraction of sp³-hybridized carbons (Fsp3) is 0.636. The zero-order chi connectivity index (χ0) is 11.2. The highest BCUT2D eigenvalue weighted by atomic mass is 35.5. The molecule has 2 saturated carbocycles. The topological polar surface area (TPSA) is 57.8 Å². The second-order valence-corrected chi connectivity index (χ2v) is 5.29. The zero-order valence-corrected chi connectivity index (χ0v) is 9.68. The molecule has 0 unspecified atom stereocenters. The van der Waals surface area contributed by atoms with Crippen LogP contribution < -0.4 is 10.9 Å². The van der Waals surface area contributed by atoms with Gasteiger partial charge in [0.1, 0.15) is 5.02 Å². The van der Waals surface area contributed by atoms with Gasteiger partial charge < -0.3 is 5.32 Å². The van der Waals surface area contributed by atoms with Crippen LogP contribution in [0.25, 0.3) is 0 Å². The number of nitrogens with one attached hydrogen (secondary N) is 2. The minimum atomic E-state index is -0.331. The summed E-state index contributed by atoms with van der Waals surface area (Å²) in [4.78, 5) is 11.2. The van der Waals surface area contributed by atoms with Gasteiger partial charge in [0.15, 0.2) is 0 Å². The van der Waals surface area contributed by atoms with Crippen molar-refractivity contribution in [2.75, 3.05) is 11.9 Å². The van der Waals surface area contributed by atoms with Crippen LogP contribution in [-0.2, 0) is 0 Å². The molecule has 2 aliphatic rings.